The van der Waals surface area contributed by atoms with E-state index in [0.29, 0.717) is 16.9 Å². The molecule has 8 heteroatoms. The van der Waals surface area contributed by atoms with Crippen molar-refractivity contribution in [2.75, 3.05) is 10.6 Å². The zero-order valence-corrected chi connectivity index (χ0v) is 17.7. The molecule has 2 aromatic carbocycles. The molecule has 0 aliphatic rings. The number of aryl methyl sites for hydroxylation is 1. The number of benzene rings is 2. The number of hydrogen-bond donors (Lipinski definition) is 2. The zero-order valence-electron chi connectivity index (χ0n) is 17.7. The van der Waals surface area contributed by atoms with E-state index < -0.39 is 11.7 Å². The summed E-state index contributed by atoms with van der Waals surface area (Å²) < 4.78 is 40.8. The van der Waals surface area contributed by atoms with Gasteiger partial charge in [0.1, 0.15) is 11.4 Å². The minimum absolute atomic E-state index is 0.0191. The van der Waals surface area contributed by atoms with E-state index in [9.17, 15) is 13.2 Å². The Morgan fingerprint density at radius 1 is 0.969 bits per heavy atom. The molecule has 1 heterocycles. The molecule has 0 aliphatic carbocycles. The van der Waals surface area contributed by atoms with Gasteiger partial charge < -0.3 is 10.6 Å². The molecule has 3 rings (SSSR count). The highest BCUT2D eigenvalue weighted by Gasteiger charge is 2.35. The lowest BCUT2D eigenvalue weighted by molar-refractivity contribution is -0.137. The third-order valence-electron chi connectivity index (χ3n) is 4.93. The van der Waals surface area contributed by atoms with Crippen molar-refractivity contribution in [2.24, 2.45) is 0 Å². The lowest BCUT2D eigenvalue weighted by Gasteiger charge is -2.17. The van der Waals surface area contributed by atoms with Gasteiger partial charge in [0, 0.05) is 17.6 Å². The van der Waals surface area contributed by atoms with Crippen molar-refractivity contribution in [3.63, 3.8) is 0 Å². The van der Waals surface area contributed by atoms with Gasteiger partial charge in [0.2, 0.25) is 5.95 Å². The van der Waals surface area contributed by atoms with Crippen molar-refractivity contribution in [1.82, 2.24) is 9.97 Å². The smallest absolute Gasteiger partial charge is 0.339 e. The Balaban J connectivity index is 1.87. The third-order valence-corrected chi connectivity index (χ3v) is 4.93. The van der Waals surface area contributed by atoms with Crippen LogP contribution >= 0.6 is 0 Å². The number of halogens is 3. The lowest BCUT2D eigenvalue weighted by Crippen LogP contribution is -2.13. The highest BCUT2D eigenvalue weighted by molar-refractivity contribution is 5.65. The molecule has 3 aromatic rings. The van der Waals surface area contributed by atoms with Gasteiger partial charge in [-0.05, 0) is 48.7 Å². The van der Waals surface area contributed by atoms with Crippen LogP contribution in [0.2, 0.25) is 0 Å². The fourth-order valence-corrected chi connectivity index (χ4v) is 3.23. The Kier molecular flexibility index (Phi) is 7.66. The first-order valence-corrected chi connectivity index (χ1v) is 10.5. The average molecular weight is 439 g/mol. The number of nitriles is 1. The van der Waals surface area contributed by atoms with Gasteiger partial charge in [-0.3, -0.25) is 0 Å². The Bertz CT molecular complexity index is 1070. The van der Waals surface area contributed by atoms with Gasteiger partial charge in [-0.25, -0.2) is 4.98 Å². The molecule has 2 N–H and O–H groups in total. The van der Waals surface area contributed by atoms with Crippen LogP contribution in [0.3, 0.4) is 0 Å². The van der Waals surface area contributed by atoms with E-state index in [4.69, 9.17) is 5.26 Å². The molecule has 1 aromatic heterocycles. The van der Waals surface area contributed by atoms with Crippen LogP contribution in [0.5, 0.6) is 0 Å². The summed E-state index contributed by atoms with van der Waals surface area (Å²) in [6.07, 6.45) is 1.22. The molecule has 0 fully saturated rings. The summed E-state index contributed by atoms with van der Waals surface area (Å²) in [7, 11) is 0. The molecule has 0 radical (unpaired) electrons. The highest BCUT2D eigenvalue weighted by Crippen LogP contribution is 2.36. The molecule has 0 saturated heterocycles. The highest BCUT2D eigenvalue weighted by atomic mass is 19.4. The summed E-state index contributed by atoms with van der Waals surface area (Å²) in [6, 6.07) is 15.8. The summed E-state index contributed by atoms with van der Waals surface area (Å²) in [5, 5.41) is 14.7. The first kappa shape index (κ1) is 23.1. The summed E-state index contributed by atoms with van der Waals surface area (Å²) >= 11 is 0. The van der Waals surface area contributed by atoms with Crippen LogP contribution in [0.25, 0.3) is 0 Å². The predicted molar refractivity (Wildman–Crippen MR) is 119 cm³/mol. The van der Waals surface area contributed by atoms with Crippen LogP contribution in [0.4, 0.5) is 36.3 Å². The second-order valence-corrected chi connectivity index (χ2v) is 7.36. The minimum atomic E-state index is -4.61. The van der Waals surface area contributed by atoms with Gasteiger partial charge in [0.15, 0.2) is 0 Å². The second kappa shape index (κ2) is 10.6. The van der Waals surface area contributed by atoms with Crippen LogP contribution in [-0.4, -0.2) is 9.97 Å². The number of aromatic nitrogens is 2. The lowest BCUT2D eigenvalue weighted by atomic mass is 10.0. The molecular formula is C24H24F3N5. The van der Waals surface area contributed by atoms with Crippen LogP contribution in [0.1, 0.15) is 49.3 Å². The van der Waals surface area contributed by atoms with Gasteiger partial charge in [-0.1, -0.05) is 44.4 Å². The van der Waals surface area contributed by atoms with E-state index >= 15 is 0 Å². The van der Waals surface area contributed by atoms with E-state index in [1.54, 1.807) is 36.4 Å². The van der Waals surface area contributed by atoms with E-state index in [2.05, 4.69) is 27.5 Å². The Morgan fingerprint density at radius 3 is 2.41 bits per heavy atom. The Hall–Kier alpha value is -3.60. The number of unbranched alkanes of at least 4 members (excludes halogenated alkanes) is 3. The minimum Gasteiger partial charge on any atom is -0.339 e. The molecule has 166 valence electrons. The molecule has 0 amide bonds. The molecule has 5 nitrogen and oxygen atoms in total. The maximum Gasteiger partial charge on any atom is 0.421 e. The summed E-state index contributed by atoms with van der Waals surface area (Å²) in [6.45, 7) is 2.13. The van der Waals surface area contributed by atoms with Crippen molar-refractivity contribution in [3.8, 4) is 6.07 Å². The molecule has 0 aliphatic heterocycles. The summed E-state index contributed by atoms with van der Waals surface area (Å²) in [5.74, 6) is -0.296. The van der Waals surface area contributed by atoms with E-state index in [1.165, 1.54) is 0 Å². The molecule has 0 saturated carbocycles. The zero-order chi connectivity index (χ0) is 23.0. The van der Waals surface area contributed by atoms with Gasteiger partial charge in [0.05, 0.1) is 11.6 Å². The van der Waals surface area contributed by atoms with E-state index in [-0.39, 0.29) is 11.8 Å². The predicted octanol–water partition coefficient (Wildman–Crippen LogP) is 6.98. The van der Waals surface area contributed by atoms with Crippen molar-refractivity contribution in [1.29, 1.82) is 5.26 Å². The van der Waals surface area contributed by atoms with E-state index in [0.717, 1.165) is 43.9 Å². The van der Waals surface area contributed by atoms with Crippen molar-refractivity contribution >= 4 is 23.1 Å². The number of anilines is 4. The SMILES string of the molecule is CCCCCCc1ccccc1Nc1nc(Nc2ccc(C#N)cc2)ncc1C(F)(F)F. The second-order valence-electron chi connectivity index (χ2n) is 7.36. The first-order chi connectivity index (χ1) is 15.4. The van der Waals surface area contributed by atoms with Crippen LogP contribution in [0, 0.1) is 11.3 Å². The summed E-state index contributed by atoms with van der Waals surface area (Å²) in [5.41, 5.74) is 1.63. The van der Waals surface area contributed by atoms with Crippen LogP contribution in [-0.2, 0) is 12.6 Å². The number of nitrogens with zero attached hydrogens (tertiary/aromatic N) is 3. The number of nitrogens with one attached hydrogen (secondary N) is 2. The first-order valence-electron chi connectivity index (χ1n) is 10.5. The molecule has 0 atom stereocenters. The quantitative estimate of drug-likeness (QED) is 0.352. The van der Waals surface area contributed by atoms with Crippen molar-refractivity contribution in [3.05, 3.63) is 71.4 Å². The fraction of sp³-hybridized carbons (Fsp3) is 0.292. The molecule has 32 heavy (non-hydrogen) atoms. The average Bonchev–Trinajstić information content (AvgIpc) is 2.78. The normalized spacial score (nSPS) is 11.1. The number of rotatable bonds is 9. The standard InChI is InChI=1S/C24H24F3N5/c1-2-3-4-5-8-18-9-6-7-10-21(18)31-22-20(24(25,26)27)16-29-23(32-22)30-19-13-11-17(15-28)12-14-19/h6-7,9-14,16H,2-5,8H2,1H3,(H2,29,30,31,32). The Labute approximate surface area is 185 Å². The van der Waals surface area contributed by atoms with Gasteiger partial charge in [-0.2, -0.15) is 23.4 Å². The van der Waals surface area contributed by atoms with E-state index in [1.807, 2.05) is 18.2 Å². The topological polar surface area (TPSA) is 73.6 Å². The number of para-hydroxylation sites is 1. The molecule has 0 unspecified atom stereocenters. The molecular weight excluding hydrogens is 415 g/mol. The maximum atomic E-state index is 13.6. The van der Waals surface area contributed by atoms with Crippen LogP contribution in [0.15, 0.2) is 54.7 Å². The largest absolute Gasteiger partial charge is 0.421 e. The Morgan fingerprint density at radius 2 is 1.72 bits per heavy atom. The molecule has 0 bridgehead atoms. The van der Waals surface area contributed by atoms with Crippen molar-refractivity contribution < 1.29 is 13.2 Å². The van der Waals surface area contributed by atoms with Gasteiger partial charge in [-0.15, -0.1) is 0 Å². The summed E-state index contributed by atoms with van der Waals surface area (Å²) in [4.78, 5) is 7.94. The number of alkyl halides is 3. The van der Waals surface area contributed by atoms with Crippen LogP contribution < -0.4 is 10.6 Å². The molecule has 0 spiro atoms. The fourth-order valence-electron chi connectivity index (χ4n) is 3.23. The third kappa shape index (κ3) is 6.20. The van der Waals surface area contributed by atoms with Crippen molar-refractivity contribution in [2.45, 2.75) is 45.2 Å². The monoisotopic (exact) mass is 439 g/mol. The number of hydrogen-bond acceptors (Lipinski definition) is 5. The van der Waals surface area contributed by atoms with Gasteiger partial charge >= 0.3 is 6.18 Å². The maximum absolute atomic E-state index is 13.6. The van der Waals surface area contributed by atoms with Gasteiger partial charge in [0.25, 0.3) is 0 Å².